The van der Waals surface area contributed by atoms with Crippen LogP contribution < -0.4 is 10.2 Å². The van der Waals surface area contributed by atoms with Gasteiger partial charge in [0, 0.05) is 45.2 Å². The minimum absolute atomic E-state index is 0.102. The lowest BCUT2D eigenvalue weighted by Gasteiger charge is -2.13. The lowest BCUT2D eigenvalue weighted by atomic mass is 10.1. The average Bonchev–Trinajstić information content (AvgIpc) is 2.89. The van der Waals surface area contributed by atoms with E-state index in [-0.39, 0.29) is 23.7 Å². The monoisotopic (exact) mass is 303 g/mol. The van der Waals surface area contributed by atoms with Crippen molar-refractivity contribution in [2.75, 3.05) is 19.0 Å². The zero-order valence-electron chi connectivity index (χ0n) is 12.6. The first-order valence-corrected chi connectivity index (χ1v) is 6.60. The molecule has 0 saturated carbocycles. The lowest BCUT2D eigenvalue weighted by Crippen LogP contribution is -2.24. The number of carbonyl (C=O) groups excluding carboxylic acids is 1. The molecule has 0 saturated heterocycles. The molecule has 1 aromatic heterocycles. The minimum Gasteiger partial charge on any atom is -0.372 e. The maximum absolute atomic E-state index is 12.1. The summed E-state index contributed by atoms with van der Waals surface area (Å²) in [6.45, 7) is 0.256. The highest BCUT2D eigenvalue weighted by Crippen LogP contribution is 2.27. The third-order valence-electron chi connectivity index (χ3n) is 3.24. The van der Waals surface area contributed by atoms with Crippen molar-refractivity contribution >= 4 is 17.3 Å². The number of imidazole rings is 1. The van der Waals surface area contributed by atoms with E-state index in [4.69, 9.17) is 0 Å². The molecule has 0 aliphatic rings. The molecule has 1 heterocycles. The van der Waals surface area contributed by atoms with Crippen LogP contribution in [0.4, 0.5) is 11.4 Å². The van der Waals surface area contributed by atoms with E-state index in [1.54, 1.807) is 48.1 Å². The predicted molar refractivity (Wildman–Crippen MR) is 81.8 cm³/mol. The fourth-order valence-electron chi connectivity index (χ4n) is 2.02. The number of benzene rings is 1. The SMILES string of the molecule is CN(C)c1ccc(C(=O)NCc2nccn2C)cc1[N+](=O)[O-]. The third kappa shape index (κ3) is 3.22. The van der Waals surface area contributed by atoms with Crippen LogP contribution in [0, 0.1) is 10.1 Å². The zero-order chi connectivity index (χ0) is 16.3. The number of aryl methyl sites for hydroxylation is 1. The van der Waals surface area contributed by atoms with Gasteiger partial charge in [0.15, 0.2) is 0 Å². The van der Waals surface area contributed by atoms with Crippen LogP contribution in [0.3, 0.4) is 0 Å². The Morgan fingerprint density at radius 1 is 1.45 bits per heavy atom. The molecule has 1 aromatic carbocycles. The number of nitro groups is 1. The molecule has 0 bridgehead atoms. The Labute approximate surface area is 127 Å². The Morgan fingerprint density at radius 3 is 2.73 bits per heavy atom. The standard InChI is InChI=1S/C14H17N5O3/c1-17(2)11-5-4-10(8-12(11)19(21)22)14(20)16-9-13-15-6-7-18(13)3/h4-8H,9H2,1-3H3,(H,16,20). The summed E-state index contributed by atoms with van der Waals surface area (Å²) in [5.41, 5.74) is 0.590. The van der Waals surface area contributed by atoms with Crippen LogP contribution in [-0.2, 0) is 13.6 Å². The van der Waals surface area contributed by atoms with Crippen molar-refractivity contribution in [1.82, 2.24) is 14.9 Å². The van der Waals surface area contributed by atoms with Gasteiger partial charge in [0.05, 0.1) is 11.5 Å². The Hall–Kier alpha value is -2.90. The second-order valence-corrected chi connectivity index (χ2v) is 4.99. The summed E-state index contributed by atoms with van der Waals surface area (Å²) in [6.07, 6.45) is 3.41. The summed E-state index contributed by atoms with van der Waals surface area (Å²) >= 11 is 0. The number of nitrogens with zero attached hydrogens (tertiary/aromatic N) is 4. The average molecular weight is 303 g/mol. The maximum atomic E-state index is 12.1. The molecule has 0 spiro atoms. The Balaban J connectivity index is 2.18. The van der Waals surface area contributed by atoms with Crippen LogP contribution in [0.2, 0.25) is 0 Å². The summed E-state index contributed by atoms with van der Waals surface area (Å²) < 4.78 is 1.79. The van der Waals surface area contributed by atoms with Crippen molar-refractivity contribution in [2.24, 2.45) is 7.05 Å². The van der Waals surface area contributed by atoms with Crippen molar-refractivity contribution in [3.05, 3.63) is 52.1 Å². The number of aromatic nitrogens is 2. The number of amides is 1. The fourth-order valence-corrected chi connectivity index (χ4v) is 2.02. The quantitative estimate of drug-likeness (QED) is 0.664. The van der Waals surface area contributed by atoms with E-state index in [1.807, 2.05) is 7.05 Å². The van der Waals surface area contributed by atoms with Crippen LogP contribution in [-0.4, -0.2) is 34.5 Å². The van der Waals surface area contributed by atoms with Gasteiger partial charge in [0.25, 0.3) is 11.6 Å². The molecule has 0 aliphatic carbocycles. The molecule has 2 aromatic rings. The largest absolute Gasteiger partial charge is 0.372 e. The van der Waals surface area contributed by atoms with E-state index in [9.17, 15) is 14.9 Å². The van der Waals surface area contributed by atoms with Gasteiger partial charge in [-0.1, -0.05) is 0 Å². The number of hydrogen-bond acceptors (Lipinski definition) is 5. The summed E-state index contributed by atoms with van der Waals surface area (Å²) in [4.78, 5) is 28.5. The van der Waals surface area contributed by atoms with Crippen LogP contribution in [0.15, 0.2) is 30.6 Å². The molecular weight excluding hydrogens is 286 g/mol. The van der Waals surface area contributed by atoms with Crippen molar-refractivity contribution in [2.45, 2.75) is 6.54 Å². The molecule has 0 radical (unpaired) electrons. The number of nitrogens with one attached hydrogen (secondary N) is 1. The summed E-state index contributed by atoms with van der Waals surface area (Å²) in [7, 11) is 5.25. The number of carbonyl (C=O) groups is 1. The van der Waals surface area contributed by atoms with Gasteiger partial charge in [0.1, 0.15) is 11.5 Å². The smallest absolute Gasteiger partial charge is 0.293 e. The Bertz CT molecular complexity index is 708. The second kappa shape index (κ2) is 6.25. The first-order chi connectivity index (χ1) is 10.4. The van der Waals surface area contributed by atoms with E-state index in [1.165, 1.54) is 6.07 Å². The summed E-state index contributed by atoms with van der Waals surface area (Å²) in [5.74, 6) is 0.323. The third-order valence-corrected chi connectivity index (χ3v) is 3.24. The lowest BCUT2D eigenvalue weighted by molar-refractivity contribution is -0.384. The highest BCUT2D eigenvalue weighted by Gasteiger charge is 2.18. The zero-order valence-corrected chi connectivity index (χ0v) is 12.6. The van der Waals surface area contributed by atoms with Crippen LogP contribution in [0.25, 0.3) is 0 Å². The van der Waals surface area contributed by atoms with Crippen molar-refractivity contribution in [3.63, 3.8) is 0 Å². The molecule has 8 heteroatoms. The second-order valence-electron chi connectivity index (χ2n) is 4.99. The molecule has 0 atom stereocenters. The number of nitro benzene ring substituents is 1. The molecule has 8 nitrogen and oxygen atoms in total. The van der Waals surface area contributed by atoms with E-state index in [2.05, 4.69) is 10.3 Å². The van der Waals surface area contributed by atoms with Crippen molar-refractivity contribution < 1.29 is 9.72 Å². The van der Waals surface area contributed by atoms with Gasteiger partial charge >= 0.3 is 0 Å². The molecule has 1 amide bonds. The predicted octanol–water partition coefficient (Wildman–Crippen LogP) is 1.32. The van der Waals surface area contributed by atoms with Crippen LogP contribution >= 0.6 is 0 Å². The maximum Gasteiger partial charge on any atom is 0.293 e. The van der Waals surface area contributed by atoms with Gasteiger partial charge in [-0.3, -0.25) is 14.9 Å². The van der Waals surface area contributed by atoms with Crippen molar-refractivity contribution in [1.29, 1.82) is 0 Å². The van der Waals surface area contributed by atoms with E-state index in [0.717, 1.165) is 0 Å². The normalized spacial score (nSPS) is 10.3. The van der Waals surface area contributed by atoms with Crippen LogP contribution in [0.5, 0.6) is 0 Å². The molecule has 2 rings (SSSR count). The van der Waals surface area contributed by atoms with Crippen LogP contribution in [0.1, 0.15) is 16.2 Å². The van der Waals surface area contributed by atoms with Gasteiger partial charge in [-0.2, -0.15) is 0 Å². The number of hydrogen-bond donors (Lipinski definition) is 1. The first kappa shape index (κ1) is 15.5. The molecule has 116 valence electrons. The van der Waals surface area contributed by atoms with Gasteiger partial charge in [-0.05, 0) is 12.1 Å². The molecule has 0 aliphatic heterocycles. The van der Waals surface area contributed by atoms with E-state index in [0.29, 0.717) is 11.5 Å². The Morgan fingerprint density at radius 2 is 2.18 bits per heavy atom. The highest BCUT2D eigenvalue weighted by atomic mass is 16.6. The summed E-state index contributed by atoms with van der Waals surface area (Å²) in [5, 5.41) is 13.8. The summed E-state index contributed by atoms with van der Waals surface area (Å²) in [6, 6.07) is 4.41. The topological polar surface area (TPSA) is 93.3 Å². The Kier molecular flexibility index (Phi) is 4.40. The van der Waals surface area contributed by atoms with E-state index < -0.39 is 4.92 Å². The molecule has 1 N–H and O–H groups in total. The fraction of sp³-hybridized carbons (Fsp3) is 0.286. The van der Waals surface area contributed by atoms with Gasteiger partial charge in [-0.15, -0.1) is 0 Å². The first-order valence-electron chi connectivity index (χ1n) is 6.60. The minimum atomic E-state index is -0.495. The molecule has 0 fully saturated rings. The van der Waals surface area contributed by atoms with Gasteiger partial charge in [0.2, 0.25) is 0 Å². The van der Waals surface area contributed by atoms with Crippen molar-refractivity contribution in [3.8, 4) is 0 Å². The molecule has 0 unspecified atom stereocenters. The number of anilines is 1. The molecular formula is C14H17N5O3. The molecule has 22 heavy (non-hydrogen) atoms. The number of rotatable bonds is 5. The van der Waals surface area contributed by atoms with E-state index >= 15 is 0 Å². The highest BCUT2D eigenvalue weighted by molar-refractivity contribution is 5.95. The van der Waals surface area contributed by atoms with Gasteiger partial charge in [-0.25, -0.2) is 4.98 Å². The van der Waals surface area contributed by atoms with Gasteiger partial charge < -0.3 is 14.8 Å².